The minimum atomic E-state index is -4.18. The van der Waals surface area contributed by atoms with Crippen LogP contribution in [0.25, 0.3) is 0 Å². The van der Waals surface area contributed by atoms with Crippen LogP contribution in [0.3, 0.4) is 0 Å². The highest BCUT2D eigenvalue weighted by molar-refractivity contribution is 7.92. The molecular weight excluding hydrogens is 605 g/mol. The zero-order chi connectivity index (χ0) is 31.1. The Bertz CT molecular complexity index is 1680. The number of benzene rings is 4. The van der Waals surface area contributed by atoms with Gasteiger partial charge in [-0.05, 0) is 61.4 Å². The lowest BCUT2D eigenvalue weighted by molar-refractivity contribution is -0.139. The van der Waals surface area contributed by atoms with E-state index in [1.54, 1.807) is 48.5 Å². The maximum absolute atomic E-state index is 14.4. The number of halogens is 2. The van der Waals surface area contributed by atoms with Gasteiger partial charge < -0.3 is 10.2 Å². The molecule has 0 radical (unpaired) electrons. The lowest BCUT2D eigenvalue weighted by atomic mass is 10.0. The van der Waals surface area contributed by atoms with Crippen LogP contribution in [0, 0.1) is 13.8 Å². The second-order valence-corrected chi connectivity index (χ2v) is 12.9. The molecule has 0 heterocycles. The van der Waals surface area contributed by atoms with E-state index in [-0.39, 0.29) is 17.9 Å². The number of hydrogen-bond donors (Lipinski definition) is 1. The highest BCUT2D eigenvalue weighted by Crippen LogP contribution is 2.29. The highest BCUT2D eigenvalue weighted by atomic mass is 35.5. The molecule has 2 amide bonds. The van der Waals surface area contributed by atoms with Gasteiger partial charge in [-0.3, -0.25) is 13.9 Å². The zero-order valence-electron chi connectivity index (χ0n) is 24.1. The molecule has 0 aliphatic carbocycles. The smallest absolute Gasteiger partial charge is 0.264 e. The molecule has 4 aromatic carbocycles. The van der Waals surface area contributed by atoms with E-state index >= 15 is 0 Å². The summed E-state index contributed by atoms with van der Waals surface area (Å²) in [7, 11) is -2.69. The lowest BCUT2D eigenvalue weighted by Gasteiger charge is -2.34. The van der Waals surface area contributed by atoms with Crippen LogP contribution in [0.4, 0.5) is 5.69 Å². The van der Waals surface area contributed by atoms with Crippen molar-refractivity contribution in [2.24, 2.45) is 0 Å². The molecular formula is C33H33Cl2N3O4S. The molecule has 1 N–H and O–H groups in total. The van der Waals surface area contributed by atoms with E-state index in [0.29, 0.717) is 21.3 Å². The number of aryl methyl sites for hydroxylation is 2. The number of sulfonamides is 1. The van der Waals surface area contributed by atoms with E-state index in [9.17, 15) is 18.0 Å². The van der Waals surface area contributed by atoms with Crippen molar-refractivity contribution in [3.05, 3.63) is 129 Å². The molecule has 4 rings (SSSR count). The fourth-order valence-electron chi connectivity index (χ4n) is 4.72. The standard InChI is InChI=1S/C33H33Cl2N3O4S/c1-23-15-17-27(18-16-23)43(41,42)38(26-12-7-9-24(2)19-26)22-32(39)37(21-28-29(34)13-8-14-30(28)35)31(33(40)36-3)20-25-10-5-4-6-11-25/h4-19,31H,20-22H2,1-3H3,(H,36,40)/t31-/m0/s1. The summed E-state index contributed by atoms with van der Waals surface area (Å²) in [6, 6.07) is 26.6. The second-order valence-electron chi connectivity index (χ2n) is 10.2. The average Bonchev–Trinajstić information content (AvgIpc) is 2.99. The normalized spacial score (nSPS) is 11.9. The van der Waals surface area contributed by atoms with Crippen molar-refractivity contribution in [3.63, 3.8) is 0 Å². The Morgan fingerprint density at radius 1 is 0.814 bits per heavy atom. The molecule has 0 saturated carbocycles. The first kappa shape index (κ1) is 32.1. The second kappa shape index (κ2) is 14.1. The van der Waals surface area contributed by atoms with Crippen LogP contribution in [0.2, 0.25) is 10.0 Å². The number of anilines is 1. The maximum Gasteiger partial charge on any atom is 0.264 e. The van der Waals surface area contributed by atoms with E-state index in [1.165, 1.54) is 24.1 Å². The van der Waals surface area contributed by atoms with E-state index in [1.807, 2.05) is 50.2 Å². The first-order chi connectivity index (χ1) is 20.5. The van der Waals surface area contributed by atoms with Crippen molar-refractivity contribution in [1.29, 1.82) is 0 Å². The molecule has 43 heavy (non-hydrogen) atoms. The van der Waals surface area contributed by atoms with Gasteiger partial charge in [0.15, 0.2) is 0 Å². The third-order valence-electron chi connectivity index (χ3n) is 7.09. The lowest BCUT2D eigenvalue weighted by Crippen LogP contribution is -2.53. The van der Waals surface area contributed by atoms with E-state index in [2.05, 4.69) is 5.32 Å². The highest BCUT2D eigenvalue weighted by Gasteiger charge is 2.35. The molecule has 0 unspecified atom stereocenters. The Hall–Kier alpha value is -3.85. The molecule has 10 heteroatoms. The molecule has 0 saturated heterocycles. The predicted octanol–water partition coefficient (Wildman–Crippen LogP) is 6.19. The maximum atomic E-state index is 14.4. The van der Waals surface area contributed by atoms with Gasteiger partial charge in [0.1, 0.15) is 12.6 Å². The summed E-state index contributed by atoms with van der Waals surface area (Å²) < 4.78 is 29.2. The van der Waals surface area contributed by atoms with Gasteiger partial charge >= 0.3 is 0 Å². The first-order valence-electron chi connectivity index (χ1n) is 13.6. The SMILES string of the molecule is CNC(=O)[C@H](Cc1ccccc1)N(Cc1c(Cl)cccc1Cl)C(=O)CN(c1cccc(C)c1)S(=O)(=O)c1ccc(C)cc1. The number of nitrogens with one attached hydrogen (secondary N) is 1. The first-order valence-corrected chi connectivity index (χ1v) is 15.8. The van der Waals surface area contributed by atoms with Gasteiger partial charge in [0.2, 0.25) is 11.8 Å². The topological polar surface area (TPSA) is 86.8 Å². The molecule has 0 fully saturated rings. The Morgan fingerprint density at radius 2 is 1.44 bits per heavy atom. The van der Waals surface area contributed by atoms with Gasteiger partial charge in [0.25, 0.3) is 10.0 Å². The van der Waals surface area contributed by atoms with Crippen LogP contribution in [0.15, 0.2) is 102 Å². The number of rotatable bonds is 11. The minimum absolute atomic E-state index is 0.0419. The third kappa shape index (κ3) is 7.76. The number of carbonyl (C=O) groups excluding carboxylic acids is 2. The van der Waals surface area contributed by atoms with Crippen molar-refractivity contribution >= 4 is 50.7 Å². The summed E-state index contributed by atoms with van der Waals surface area (Å²) in [5, 5.41) is 3.30. The quantitative estimate of drug-likeness (QED) is 0.212. The van der Waals surface area contributed by atoms with Crippen molar-refractivity contribution < 1.29 is 18.0 Å². The molecule has 0 bridgehead atoms. The molecule has 4 aromatic rings. The predicted molar refractivity (Wildman–Crippen MR) is 172 cm³/mol. The van der Waals surface area contributed by atoms with Crippen LogP contribution in [0.5, 0.6) is 0 Å². The number of carbonyl (C=O) groups is 2. The minimum Gasteiger partial charge on any atom is -0.357 e. The van der Waals surface area contributed by atoms with Crippen LogP contribution in [-0.4, -0.2) is 44.8 Å². The van der Waals surface area contributed by atoms with E-state index < -0.39 is 34.4 Å². The van der Waals surface area contributed by atoms with Crippen LogP contribution in [-0.2, 0) is 32.6 Å². The van der Waals surface area contributed by atoms with Crippen LogP contribution in [0.1, 0.15) is 22.3 Å². The van der Waals surface area contributed by atoms with Crippen molar-refractivity contribution in [2.45, 2.75) is 37.8 Å². The number of hydrogen-bond acceptors (Lipinski definition) is 4. The average molecular weight is 639 g/mol. The van der Waals surface area contributed by atoms with Crippen molar-refractivity contribution in [1.82, 2.24) is 10.2 Å². The zero-order valence-corrected chi connectivity index (χ0v) is 26.5. The number of amides is 2. The molecule has 224 valence electrons. The van der Waals surface area contributed by atoms with Gasteiger partial charge in [0.05, 0.1) is 10.6 Å². The fraction of sp³-hybridized carbons (Fsp3) is 0.212. The summed E-state index contributed by atoms with van der Waals surface area (Å²) >= 11 is 13.0. The van der Waals surface area contributed by atoms with E-state index in [0.717, 1.165) is 21.0 Å². The van der Waals surface area contributed by atoms with Gasteiger partial charge in [-0.1, -0.05) is 89.4 Å². The Morgan fingerprint density at radius 3 is 2.05 bits per heavy atom. The van der Waals surface area contributed by atoms with Gasteiger partial charge in [-0.2, -0.15) is 0 Å². The summed E-state index contributed by atoms with van der Waals surface area (Å²) in [6.45, 7) is 3.02. The van der Waals surface area contributed by atoms with Gasteiger partial charge in [0, 0.05) is 35.6 Å². The molecule has 0 aliphatic heterocycles. The molecule has 7 nitrogen and oxygen atoms in total. The van der Waals surface area contributed by atoms with Gasteiger partial charge in [-0.25, -0.2) is 8.42 Å². The van der Waals surface area contributed by atoms with Gasteiger partial charge in [-0.15, -0.1) is 0 Å². The third-order valence-corrected chi connectivity index (χ3v) is 9.58. The Balaban J connectivity index is 1.82. The molecule has 0 spiro atoms. The summed E-state index contributed by atoms with van der Waals surface area (Å²) in [4.78, 5) is 29.1. The van der Waals surface area contributed by atoms with Crippen molar-refractivity contribution in [3.8, 4) is 0 Å². The Labute approximate surface area is 263 Å². The largest absolute Gasteiger partial charge is 0.357 e. The number of nitrogens with zero attached hydrogens (tertiary/aromatic N) is 2. The molecule has 0 aromatic heterocycles. The monoisotopic (exact) mass is 637 g/mol. The summed E-state index contributed by atoms with van der Waals surface area (Å²) in [5.74, 6) is -1.01. The van der Waals surface area contributed by atoms with Crippen LogP contribution >= 0.6 is 23.2 Å². The summed E-state index contributed by atoms with van der Waals surface area (Å²) in [6.07, 6.45) is 0.184. The van der Waals surface area contributed by atoms with E-state index in [4.69, 9.17) is 23.2 Å². The number of likely N-dealkylation sites (N-methyl/N-ethyl adjacent to an activating group) is 1. The summed E-state index contributed by atoms with van der Waals surface area (Å²) in [5.41, 5.74) is 3.31. The van der Waals surface area contributed by atoms with Crippen molar-refractivity contribution in [2.75, 3.05) is 17.9 Å². The van der Waals surface area contributed by atoms with Crippen LogP contribution < -0.4 is 9.62 Å². The fourth-order valence-corrected chi connectivity index (χ4v) is 6.65. The molecule has 0 aliphatic rings. The molecule has 1 atom stereocenters. The Kier molecular flexibility index (Phi) is 10.5.